The first-order valence-electron chi connectivity index (χ1n) is 6.24. The van der Waals surface area contributed by atoms with Crippen molar-refractivity contribution in [1.29, 1.82) is 0 Å². The van der Waals surface area contributed by atoms with Gasteiger partial charge < -0.3 is 4.74 Å². The van der Waals surface area contributed by atoms with Crippen LogP contribution in [0.2, 0.25) is 5.02 Å². The minimum Gasteiger partial charge on any atom is -0.495 e. The van der Waals surface area contributed by atoms with Crippen molar-refractivity contribution in [3.05, 3.63) is 62.6 Å². The van der Waals surface area contributed by atoms with Crippen LogP contribution in [0.1, 0.15) is 22.1 Å². The Morgan fingerprint density at radius 1 is 1.20 bits per heavy atom. The second-order valence-corrected chi connectivity index (χ2v) is 6.48. The highest BCUT2D eigenvalue weighted by atomic mass is 79.9. The molecule has 2 aromatic carbocycles. The minimum absolute atomic E-state index is 0.192. The summed E-state index contributed by atoms with van der Waals surface area (Å²) in [6.45, 7) is 2.07. The molecule has 0 bridgehead atoms. The number of hydrogen-bond acceptors (Lipinski definition) is 1. The Morgan fingerprint density at radius 2 is 1.85 bits per heavy atom. The van der Waals surface area contributed by atoms with Crippen molar-refractivity contribution in [1.82, 2.24) is 0 Å². The van der Waals surface area contributed by atoms with Crippen molar-refractivity contribution in [2.75, 3.05) is 7.11 Å². The van der Waals surface area contributed by atoms with Gasteiger partial charge in [-0.1, -0.05) is 41.4 Å². The van der Waals surface area contributed by atoms with Gasteiger partial charge in [0.2, 0.25) is 0 Å². The van der Waals surface area contributed by atoms with Crippen LogP contribution < -0.4 is 4.74 Å². The third-order valence-electron chi connectivity index (χ3n) is 3.11. The number of ether oxygens (including phenoxy) is 1. The van der Waals surface area contributed by atoms with Crippen molar-refractivity contribution < 1.29 is 4.74 Å². The molecule has 0 fully saturated rings. The fourth-order valence-electron chi connectivity index (χ4n) is 2.07. The second kappa shape index (κ2) is 6.84. The van der Waals surface area contributed by atoms with Crippen LogP contribution in [-0.2, 0) is 6.42 Å². The monoisotopic (exact) mass is 372 g/mol. The summed E-state index contributed by atoms with van der Waals surface area (Å²) in [5.74, 6) is 0.738. The van der Waals surface area contributed by atoms with Crippen LogP contribution in [0, 0.1) is 6.92 Å². The van der Waals surface area contributed by atoms with Crippen LogP contribution >= 0.6 is 39.1 Å². The zero-order chi connectivity index (χ0) is 14.7. The largest absolute Gasteiger partial charge is 0.495 e. The number of rotatable bonds is 4. The summed E-state index contributed by atoms with van der Waals surface area (Å²) in [7, 11) is 1.63. The molecule has 2 aromatic rings. The molecule has 0 aromatic heterocycles. The summed E-state index contributed by atoms with van der Waals surface area (Å²) in [5.41, 5.74) is 3.32. The van der Waals surface area contributed by atoms with E-state index < -0.39 is 0 Å². The molecule has 106 valence electrons. The number of halogens is 3. The molecule has 0 heterocycles. The minimum atomic E-state index is -0.192. The number of methoxy groups -OCH3 is 1. The molecule has 1 nitrogen and oxygen atoms in total. The molecule has 0 amide bonds. The first-order valence-corrected chi connectivity index (χ1v) is 7.84. The van der Waals surface area contributed by atoms with Gasteiger partial charge in [0.15, 0.2) is 0 Å². The highest BCUT2D eigenvalue weighted by molar-refractivity contribution is 9.10. The van der Waals surface area contributed by atoms with Gasteiger partial charge in [0.25, 0.3) is 0 Å². The second-order valence-electron chi connectivity index (χ2n) is 4.67. The summed E-state index contributed by atoms with van der Waals surface area (Å²) < 4.78 is 6.24. The van der Waals surface area contributed by atoms with Gasteiger partial charge in [0.05, 0.1) is 17.0 Å². The van der Waals surface area contributed by atoms with Gasteiger partial charge in [0, 0.05) is 10.6 Å². The summed E-state index contributed by atoms with van der Waals surface area (Å²) in [6.07, 6.45) is 0.727. The molecule has 0 aliphatic rings. The van der Waals surface area contributed by atoms with Crippen LogP contribution in [-0.4, -0.2) is 7.11 Å². The standard InChI is InChI=1S/C16H15BrCl2O/c1-10-3-5-11(6-4-10)7-15(19)13-8-12(18)9-14(17)16(13)20-2/h3-6,8-9,15H,7H2,1-2H3. The maximum absolute atomic E-state index is 6.55. The van der Waals surface area contributed by atoms with Crippen molar-refractivity contribution in [2.24, 2.45) is 0 Å². The maximum Gasteiger partial charge on any atom is 0.137 e. The van der Waals surface area contributed by atoms with E-state index in [1.807, 2.05) is 6.07 Å². The zero-order valence-corrected chi connectivity index (χ0v) is 14.4. The predicted octanol–water partition coefficient (Wildman–Crippen LogP) is 5.94. The molecule has 1 atom stereocenters. The van der Waals surface area contributed by atoms with Gasteiger partial charge in [-0.3, -0.25) is 0 Å². The van der Waals surface area contributed by atoms with E-state index in [1.54, 1.807) is 13.2 Å². The normalized spacial score (nSPS) is 12.2. The van der Waals surface area contributed by atoms with Crippen LogP contribution in [0.5, 0.6) is 5.75 Å². The van der Waals surface area contributed by atoms with Crippen LogP contribution in [0.3, 0.4) is 0 Å². The molecule has 0 spiro atoms. The Bertz CT molecular complexity index is 596. The van der Waals surface area contributed by atoms with Gasteiger partial charge in [0.1, 0.15) is 5.75 Å². The lowest BCUT2D eigenvalue weighted by Crippen LogP contribution is -2.00. The van der Waals surface area contributed by atoms with Crippen molar-refractivity contribution in [3.63, 3.8) is 0 Å². The molecule has 0 saturated carbocycles. The first-order chi connectivity index (χ1) is 9.51. The first kappa shape index (κ1) is 15.7. The Kier molecular flexibility index (Phi) is 5.36. The molecule has 2 rings (SSSR count). The van der Waals surface area contributed by atoms with Crippen LogP contribution in [0.4, 0.5) is 0 Å². The van der Waals surface area contributed by atoms with Gasteiger partial charge >= 0.3 is 0 Å². The molecule has 0 N–H and O–H groups in total. The van der Waals surface area contributed by atoms with E-state index in [9.17, 15) is 0 Å². The molecule has 20 heavy (non-hydrogen) atoms. The molecular weight excluding hydrogens is 359 g/mol. The highest BCUT2D eigenvalue weighted by Gasteiger charge is 2.17. The predicted molar refractivity (Wildman–Crippen MR) is 89.2 cm³/mol. The van der Waals surface area contributed by atoms with E-state index >= 15 is 0 Å². The van der Waals surface area contributed by atoms with E-state index in [-0.39, 0.29) is 5.38 Å². The zero-order valence-electron chi connectivity index (χ0n) is 11.3. The lowest BCUT2D eigenvalue weighted by atomic mass is 10.0. The van der Waals surface area contributed by atoms with Crippen molar-refractivity contribution in [2.45, 2.75) is 18.7 Å². The van der Waals surface area contributed by atoms with Gasteiger partial charge in [-0.15, -0.1) is 11.6 Å². The molecule has 0 aliphatic carbocycles. The molecule has 0 radical (unpaired) electrons. The van der Waals surface area contributed by atoms with E-state index in [0.29, 0.717) is 5.02 Å². The summed E-state index contributed by atoms with van der Waals surface area (Å²) in [4.78, 5) is 0. The Balaban J connectivity index is 2.28. The molecule has 4 heteroatoms. The fraction of sp³-hybridized carbons (Fsp3) is 0.250. The quantitative estimate of drug-likeness (QED) is 0.602. The van der Waals surface area contributed by atoms with Gasteiger partial charge in [-0.2, -0.15) is 0 Å². The topological polar surface area (TPSA) is 9.23 Å². The average Bonchev–Trinajstić information content (AvgIpc) is 2.40. The molecule has 0 aliphatic heterocycles. The number of benzene rings is 2. The van der Waals surface area contributed by atoms with Crippen LogP contribution in [0.15, 0.2) is 40.9 Å². The fourth-order valence-corrected chi connectivity index (χ4v) is 3.41. The molecule has 0 saturated heterocycles. The van der Waals surface area contributed by atoms with E-state index in [4.69, 9.17) is 27.9 Å². The lowest BCUT2D eigenvalue weighted by molar-refractivity contribution is 0.406. The Labute approximate surface area is 138 Å². The average molecular weight is 374 g/mol. The molecular formula is C16H15BrCl2O. The van der Waals surface area contributed by atoms with Crippen LogP contribution in [0.25, 0.3) is 0 Å². The third kappa shape index (κ3) is 3.69. The highest BCUT2D eigenvalue weighted by Crippen LogP contribution is 2.39. The molecule has 1 unspecified atom stereocenters. The smallest absolute Gasteiger partial charge is 0.137 e. The number of aryl methyl sites for hydroxylation is 1. The third-order valence-corrected chi connectivity index (χ3v) is 4.31. The van der Waals surface area contributed by atoms with E-state index in [0.717, 1.165) is 22.2 Å². The van der Waals surface area contributed by atoms with Gasteiger partial charge in [-0.05, 0) is 47.0 Å². The summed E-state index contributed by atoms with van der Waals surface area (Å²) >= 11 is 16.1. The Morgan fingerprint density at radius 3 is 2.45 bits per heavy atom. The van der Waals surface area contributed by atoms with Gasteiger partial charge in [-0.25, -0.2) is 0 Å². The number of alkyl halides is 1. The Hall–Kier alpha value is -0.700. The van der Waals surface area contributed by atoms with E-state index in [1.165, 1.54) is 11.1 Å². The number of hydrogen-bond donors (Lipinski definition) is 0. The summed E-state index contributed by atoms with van der Waals surface area (Å²) in [6, 6.07) is 12.0. The maximum atomic E-state index is 6.55. The van der Waals surface area contributed by atoms with Crippen molar-refractivity contribution in [3.8, 4) is 5.75 Å². The lowest BCUT2D eigenvalue weighted by Gasteiger charge is -2.16. The van der Waals surface area contributed by atoms with Crippen molar-refractivity contribution >= 4 is 39.1 Å². The summed E-state index contributed by atoms with van der Waals surface area (Å²) in [5, 5.41) is 0.449. The van der Waals surface area contributed by atoms with E-state index in [2.05, 4.69) is 47.1 Å². The SMILES string of the molecule is COc1c(Br)cc(Cl)cc1C(Cl)Cc1ccc(C)cc1.